The Bertz CT molecular complexity index is 257. The van der Waals surface area contributed by atoms with Crippen molar-refractivity contribution in [3.63, 3.8) is 0 Å². The highest BCUT2D eigenvalue weighted by Gasteiger charge is 2.16. The zero-order valence-corrected chi connectivity index (χ0v) is 9.83. The largest absolute Gasteiger partial charge is 0.244 e. The standard InChI is InChI=1S/C12H21N3/c1-4-8-12(15(13-2)14-3)11-9-6-5-7-10-11/h5-7,9-10,12-14H,4,8H2,1-3H3. The van der Waals surface area contributed by atoms with Crippen molar-refractivity contribution in [2.24, 2.45) is 0 Å². The van der Waals surface area contributed by atoms with E-state index in [1.54, 1.807) is 0 Å². The molecule has 0 spiro atoms. The summed E-state index contributed by atoms with van der Waals surface area (Å²) in [5.41, 5.74) is 7.65. The van der Waals surface area contributed by atoms with Gasteiger partial charge in [0.1, 0.15) is 0 Å². The van der Waals surface area contributed by atoms with Gasteiger partial charge in [0.25, 0.3) is 0 Å². The molecule has 0 saturated carbocycles. The molecule has 1 aromatic rings. The van der Waals surface area contributed by atoms with Gasteiger partial charge in [-0.15, -0.1) is 0 Å². The molecule has 0 heterocycles. The van der Waals surface area contributed by atoms with Gasteiger partial charge in [-0.3, -0.25) is 0 Å². The molecule has 15 heavy (non-hydrogen) atoms. The Morgan fingerprint density at radius 1 is 1.13 bits per heavy atom. The summed E-state index contributed by atoms with van der Waals surface area (Å²) < 4.78 is 0. The van der Waals surface area contributed by atoms with Crippen molar-refractivity contribution in [1.82, 2.24) is 16.0 Å². The van der Waals surface area contributed by atoms with Gasteiger partial charge in [0, 0.05) is 14.1 Å². The van der Waals surface area contributed by atoms with Crippen LogP contribution in [-0.4, -0.2) is 19.2 Å². The van der Waals surface area contributed by atoms with E-state index in [9.17, 15) is 0 Å². The third-order valence-electron chi connectivity index (χ3n) is 2.54. The summed E-state index contributed by atoms with van der Waals surface area (Å²) in [7, 11) is 3.87. The summed E-state index contributed by atoms with van der Waals surface area (Å²) in [5.74, 6) is 0. The first-order valence-corrected chi connectivity index (χ1v) is 5.52. The maximum atomic E-state index is 3.16. The van der Waals surface area contributed by atoms with E-state index in [0.717, 1.165) is 6.42 Å². The fourth-order valence-electron chi connectivity index (χ4n) is 1.82. The van der Waals surface area contributed by atoms with Crippen LogP contribution in [0.1, 0.15) is 31.4 Å². The minimum Gasteiger partial charge on any atom is -0.244 e. The Hall–Kier alpha value is -0.900. The van der Waals surface area contributed by atoms with Gasteiger partial charge in [-0.1, -0.05) is 43.7 Å². The average Bonchev–Trinajstić information content (AvgIpc) is 2.30. The van der Waals surface area contributed by atoms with Crippen molar-refractivity contribution in [3.05, 3.63) is 35.9 Å². The van der Waals surface area contributed by atoms with Crippen LogP contribution in [0.5, 0.6) is 0 Å². The lowest BCUT2D eigenvalue weighted by Crippen LogP contribution is -2.46. The molecule has 0 radical (unpaired) electrons. The zero-order chi connectivity index (χ0) is 11.1. The van der Waals surface area contributed by atoms with Crippen LogP contribution in [0.15, 0.2) is 30.3 Å². The number of nitrogens with zero attached hydrogens (tertiary/aromatic N) is 1. The number of hydrazine groups is 2. The molecule has 1 unspecified atom stereocenters. The van der Waals surface area contributed by atoms with E-state index in [0.29, 0.717) is 6.04 Å². The van der Waals surface area contributed by atoms with Crippen LogP contribution in [0.4, 0.5) is 0 Å². The van der Waals surface area contributed by atoms with Crippen molar-refractivity contribution >= 4 is 0 Å². The fourth-order valence-corrected chi connectivity index (χ4v) is 1.82. The Kier molecular flexibility index (Phi) is 5.32. The van der Waals surface area contributed by atoms with Crippen molar-refractivity contribution in [2.75, 3.05) is 14.1 Å². The molecule has 0 aliphatic rings. The van der Waals surface area contributed by atoms with E-state index >= 15 is 0 Å². The highest BCUT2D eigenvalue weighted by Crippen LogP contribution is 2.22. The number of benzene rings is 1. The lowest BCUT2D eigenvalue weighted by molar-refractivity contribution is 0.0762. The Labute approximate surface area is 92.4 Å². The van der Waals surface area contributed by atoms with Crippen LogP contribution in [-0.2, 0) is 0 Å². The third-order valence-corrected chi connectivity index (χ3v) is 2.54. The number of nitrogens with one attached hydrogen (secondary N) is 2. The van der Waals surface area contributed by atoms with Gasteiger partial charge in [-0.2, -0.15) is 5.12 Å². The molecule has 3 heteroatoms. The van der Waals surface area contributed by atoms with Crippen LogP contribution >= 0.6 is 0 Å². The molecule has 0 saturated heterocycles. The van der Waals surface area contributed by atoms with E-state index in [2.05, 4.69) is 48.1 Å². The number of hydrogen-bond donors (Lipinski definition) is 2. The molecule has 0 aliphatic heterocycles. The quantitative estimate of drug-likeness (QED) is 0.700. The molecule has 0 aliphatic carbocycles. The molecule has 1 atom stereocenters. The van der Waals surface area contributed by atoms with Crippen molar-refractivity contribution in [2.45, 2.75) is 25.8 Å². The van der Waals surface area contributed by atoms with Gasteiger partial charge in [0.2, 0.25) is 0 Å². The monoisotopic (exact) mass is 207 g/mol. The Balaban J connectivity index is 2.81. The SMILES string of the molecule is CCCC(c1ccccc1)N(NC)NC. The van der Waals surface area contributed by atoms with Gasteiger partial charge in [-0.25, -0.2) is 10.9 Å². The number of rotatable bonds is 6. The summed E-state index contributed by atoms with van der Waals surface area (Å²) in [4.78, 5) is 0. The molecule has 1 rings (SSSR count). The minimum absolute atomic E-state index is 0.381. The first kappa shape index (κ1) is 12.2. The topological polar surface area (TPSA) is 27.3 Å². The summed E-state index contributed by atoms with van der Waals surface area (Å²) in [6.45, 7) is 2.21. The molecule has 0 bridgehead atoms. The fraction of sp³-hybridized carbons (Fsp3) is 0.500. The van der Waals surface area contributed by atoms with Crippen LogP contribution < -0.4 is 10.9 Å². The summed E-state index contributed by atoms with van der Waals surface area (Å²) >= 11 is 0. The van der Waals surface area contributed by atoms with Crippen molar-refractivity contribution in [1.29, 1.82) is 0 Å². The molecule has 0 amide bonds. The molecule has 1 aromatic carbocycles. The van der Waals surface area contributed by atoms with Crippen LogP contribution in [0.3, 0.4) is 0 Å². The maximum absolute atomic E-state index is 3.16. The molecular weight excluding hydrogens is 186 g/mol. The lowest BCUT2D eigenvalue weighted by Gasteiger charge is -2.30. The zero-order valence-electron chi connectivity index (χ0n) is 9.83. The maximum Gasteiger partial charge on any atom is 0.0648 e. The Morgan fingerprint density at radius 2 is 1.73 bits per heavy atom. The van der Waals surface area contributed by atoms with E-state index in [-0.39, 0.29) is 0 Å². The highest BCUT2D eigenvalue weighted by molar-refractivity contribution is 5.18. The first-order chi connectivity index (χ1) is 7.33. The molecule has 84 valence electrons. The van der Waals surface area contributed by atoms with Gasteiger partial charge in [-0.05, 0) is 12.0 Å². The van der Waals surface area contributed by atoms with E-state index in [1.165, 1.54) is 12.0 Å². The molecule has 0 aromatic heterocycles. The third kappa shape index (κ3) is 3.30. The number of hydrogen-bond acceptors (Lipinski definition) is 3. The predicted octanol–water partition coefficient (Wildman–Crippen LogP) is 2.10. The van der Waals surface area contributed by atoms with Gasteiger partial charge < -0.3 is 0 Å². The van der Waals surface area contributed by atoms with E-state index < -0.39 is 0 Å². The average molecular weight is 207 g/mol. The second-order valence-corrected chi connectivity index (χ2v) is 3.53. The van der Waals surface area contributed by atoms with Crippen LogP contribution in [0.2, 0.25) is 0 Å². The van der Waals surface area contributed by atoms with E-state index in [1.807, 2.05) is 19.2 Å². The minimum atomic E-state index is 0.381. The van der Waals surface area contributed by atoms with Crippen LogP contribution in [0, 0.1) is 0 Å². The molecule has 0 fully saturated rings. The van der Waals surface area contributed by atoms with E-state index in [4.69, 9.17) is 0 Å². The lowest BCUT2D eigenvalue weighted by atomic mass is 10.0. The normalized spacial score (nSPS) is 13.1. The highest BCUT2D eigenvalue weighted by atomic mass is 15.7. The Morgan fingerprint density at radius 3 is 2.20 bits per heavy atom. The molecular formula is C12H21N3. The summed E-state index contributed by atoms with van der Waals surface area (Å²) in [6, 6.07) is 10.9. The smallest absolute Gasteiger partial charge is 0.0648 e. The second kappa shape index (κ2) is 6.56. The predicted molar refractivity (Wildman–Crippen MR) is 64.0 cm³/mol. The summed E-state index contributed by atoms with van der Waals surface area (Å²) in [6.07, 6.45) is 2.30. The van der Waals surface area contributed by atoms with Crippen molar-refractivity contribution in [3.8, 4) is 0 Å². The van der Waals surface area contributed by atoms with Gasteiger partial charge >= 0.3 is 0 Å². The first-order valence-electron chi connectivity index (χ1n) is 5.52. The molecule has 3 nitrogen and oxygen atoms in total. The van der Waals surface area contributed by atoms with Crippen LogP contribution in [0.25, 0.3) is 0 Å². The summed E-state index contributed by atoms with van der Waals surface area (Å²) in [5, 5.41) is 2.04. The van der Waals surface area contributed by atoms with Gasteiger partial charge in [0.15, 0.2) is 0 Å². The van der Waals surface area contributed by atoms with Crippen molar-refractivity contribution < 1.29 is 0 Å². The van der Waals surface area contributed by atoms with Gasteiger partial charge in [0.05, 0.1) is 6.04 Å². The second-order valence-electron chi connectivity index (χ2n) is 3.53. The molecule has 2 N–H and O–H groups in total.